The van der Waals surface area contributed by atoms with Crippen LogP contribution >= 0.6 is 0 Å². The molecule has 0 unspecified atom stereocenters. The topological polar surface area (TPSA) is 55.2 Å². The van der Waals surface area contributed by atoms with Gasteiger partial charge < -0.3 is 4.90 Å². The number of carbonyl (C=O) groups excluding carboxylic acids is 1. The second-order valence-corrected chi connectivity index (χ2v) is 8.46. The van der Waals surface area contributed by atoms with Gasteiger partial charge in [-0.25, -0.2) is 4.68 Å². The third-order valence-corrected chi connectivity index (χ3v) is 6.12. The van der Waals surface area contributed by atoms with Gasteiger partial charge >= 0.3 is 0 Å². The number of rotatable bonds is 6. The van der Waals surface area contributed by atoms with E-state index in [4.69, 9.17) is 0 Å². The molecule has 0 spiro atoms. The van der Waals surface area contributed by atoms with Gasteiger partial charge in [0.1, 0.15) is 5.69 Å². The summed E-state index contributed by atoms with van der Waals surface area (Å²) in [6.45, 7) is 3.97. The van der Waals surface area contributed by atoms with E-state index in [0.717, 1.165) is 44.3 Å². The first-order valence-electron chi connectivity index (χ1n) is 11.1. The summed E-state index contributed by atoms with van der Waals surface area (Å²) >= 11 is 0. The SMILES string of the molecule is Cc1ccc(CCC2CCN(C(=O)c3ccc(=O)n(Cc4ccccc4)n3)CC2)cc1. The van der Waals surface area contributed by atoms with Crippen LogP contribution in [0.4, 0.5) is 0 Å². The monoisotopic (exact) mass is 415 g/mol. The molecule has 5 heteroatoms. The lowest BCUT2D eigenvalue weighted by molar-refractivity contribution is 0.0678. The van der Waals surface area contributed by atoms with Crippen molar-refractivity contribution in [3.63, 3.8) is 0 Å². The van der Waals surface area contributed by atoms with Gasteiger partial charge in [0.2, 0.25) is 0 Å². The van der Waals surface area contributed by atoms with Gasteiger partial charge in [-0.2, -0.15) is 5.10 Å². The average molecular weight is 416 g/mol. The Morgan fingerprint density at radius 1 is 0.935 bits per heavy atom. The molecule has 1 aliphatic heterocycles. The van der Waals surface area contributed by atoms with E-state index >= 15 is 0 Å². The molecule has 0 radical (unpaired) electrons. The molecule has 0 atom stereocenters. The molecule has 5 nitrogen and oxygen atoms in total. The molecule has 1 aliphatic rings. The van der Waals surface area contributed by atoms with Crippen molar-refractivity contribution in [2.24, 2.45) is 5.92 Å². The first-order chi connectivity index (χ1) is 15.1. The fourth-order valence-corrected chi connectivity index (χ4v) is 4.14. The number of benzene rings is 2. The Morgan fingerprint density at radius 2 is 1.65 bits per heavy atom. The van der Waals surface area contributed by atoms with Gasteiger partial charge in [-0.1, -0.05) is 60.2 Å². The van der Waals surface area contributed by atoms with Gasteiger partial charge in [-0.3, -0.25) is 9.59 Å². The predicted molar refractivity (Wildman–Crippen MR) is 122 cm³/mol. The third-order valence-electron chi connectivity index (χ3n) is 6.12. The molecular weight excluding hydrogens is 386 g/mol. The molecule has 31 heavy (non-hydrogen) atoms. The first-order valence-corrected chi connectivity index (χ1v) is 11.1. The number of hydrogen-bond acceptors (Lipinski definition) is 3. The smallest absolute Gasteiger partial charge is 0.274 e. The van der Waals surface area contributed by atoms with Crippen molar-refractivity contribution in [2.75, 3.05) is 13.1 Å². The van der Waals surface area contributed by atoms with Crippen LogP contribution in [0, 0.1) is 12.8 Å². The summed E-state index contributed by atoms with van der Waals surface area (Å²) in [5, 5.41) is 4.36. The number of likely N-dealkylation sites (tertiary alicyclic amines) is 1. The fourth-order valence-electron chi connectivity index (χ4n) is 4.14. The molecule has 1 fully saturated rings. The van der Waals surface area contributed by atoms with Crippen LogP contribution in [0.25, 0.3) is 0 Å². The van der Waals surface area contributed by atoms with E-state index in [1.54, 1.807) is 6.07 Å². The van der Waals surface area contributed by atoms with Gasteiger partial charge in [0.05, 0.1) is 6.54 Å². The lowest BCUT2D eigenvalue weighted by Crippen LogP contribution is -2.39. The van der Waals surface area contributed by atoms with Crippen LogP contribution in [-0.2, 0) is 13.0 Å². The van der Waals surface area contributed by atoms with Crippen LogP contribution in [0.5, 0.6) is 0 Å². The van der Waals surface area contributed by atoms with Crippen LogP contribution < -0.4 is 5.56 Å². The lowest BCUT2D eigenvalue weighted by atomic mass is 9.90. The summed E-state index contributed by atoms with van der Waals surface area (Å²) in [7, 11) is 0. The van der Waals surface area contributed by atoms with Crippen LogP contribution in [0.3, 0.4) is 0 Å². The van der Waals surface area contributed by atoms with Crippen molar-refractivity contribution in [1.82, 2.24) is 14.7 Å². The quantitative estimate of drug-likeness (QED) is 0.609. The minimum absolute atomic E-state index is 0.0844. The van der Waals surface area contributed by atoms with E-state index in [1.807, 2.05) is 35.2 Å². The van der Waals surface area contributed by atoms with Crippen molar-refractivity contribution >= 4 is 5.91 Å². The Morgan fingerprint density at radius 3 is 2.35 bits per heavy atom. The maximum atomic E-state index is 13.0. The number of aromatic nitrogens is 2. The Hall–Kier alpha value is -3.21. The summed E-state index contributed by atoms with van der Waals surface area (Å²) in [6.07, 6.45) is 4.28. The lowest BCUT2D eigenvalue weighted by Gasteiger charge is -2.32. The maximum absolute atomic E-state index is 13.0. The number of carbonyl (C=O) groups is 1. The minimum atomic E-state index is -0.199. The number of piperidine rings is 1. The van der Waals surface area contributed by atoms with Crippen molar-refractivity contribution in [3.05, 3.63) is 99.5 Å². The molecule has 0 N–H and O–H groups in total. The standard InChI is InChI=1S/C26H29N3O2/c1-20-7-9-21(10-8-20)11-12-22-15-17-28(18-16-22)26(31)24-13-14-25(30)29(27-24)19-23-5-3-2-4-6-23/h2-10,13-14,22H,11-12,15-19H2,1H3. The second-order valence-electron chi connectivity index (χ2n) is 8.46. The molecule has 0 saturated carbocycles. The minimum Gasteiger partial charge on any atom is -0.337 e. The first kappa shape index (κ1) is 21.0. The summed E-state index contributed by atoms with van der Waals surface area (Å²) in [4.78, 5) is 27.1. The summed E-state index contributed by atoms with van der Waals surface area (Å²) in [5.41, 5.74) is 3.80. The number of amides is 1. The molecule has 1 aromatic heterocycles. The van der Waals surface area contributed by atoms with Crippen LogP contribution in [0.2, 0.25) is 0 Å². The Labute approximate surface area is 183 Å². The van der Waals surface area contributed by atoms with Crippen molar-refractivity contribution < 1.29 is 4.79 Å². The van der Waals surface area contributed by atoms with Gasteiger partial charge in [0.25, 0.3) is 11.5 Å². The normalized spacial score (nSPS) is 14.5. The molecule has 0 aliphatic carbocycles. The average Bonchev–Trinajstić information content (AvgIpc) is 2.81. The van der Waals surface area contributed by atoms with Gasteiger partial charge in [0, 0.05) is 19.2 Å². The largest absolute Gasteiger partial charge is 0.337 e. The van der Waals surface area contributed by atoms with Crippen molar-refractivity contribution in [1.29, 1.82) is 0 Å². The van der Waals surface area contributed by atoms with E-state index < -0.39 is 0 Å². The zero-order valence-corrected chi connectivity index (χ0v) is 18.0. The zero-order chi connectivity index (χ0) is 21.6. The van der Waals surface area contributed by atoms with Gasteiger partial charge in [-0.05, 0) is 55.7 Å². The van der Waals surface area contributed by atoms with E-state index in [-0.39, 0.29) is 11.5 Å². The van der Waals surface area contributed by atoms with Crippen LogP contribution in [-0.4, -0.2) is 33.7 Å². The summed E-state index contributed by atoms with van der Waals surface area (Å²) in [6, 6.07) is 21.4. The number of aryl methyl sites for hydroxylation is 2. The van der Waals surface area contributed by atoms with Crippen molar-refractivity contribution in [2.45, 2.75) is 39.2 Å². The molecule has 1 saturated heterocycles. The third kappa shape index (κ3) is 5.48. The Balaban J connectivity index is 1.33. The molecule has 2 aromatic carbocycles. The van der Waals surface area contributed by atoms with Gasteiger partial charge in [0.15, 0.2) is 0 Å². The number of nitrogens with zero attached hydrogens (tertiary/aromatic N) is 3. The maximum Gasteiger partial charge on any atom is 0.274 e. The van der Waals surface area contributed by atoms with E-state index in [1.165, 1.54) is 21.9 Å². The highest BCUT2D eigenvalue weighted by Crippen LogP contribution is 2.23. The molecule has 3 aromatic rings. The second kappa shape index (κ2) is 9.73. The summed E-state index contributed by atoms with van der Waals surface area (Å²) in [5.74, 6) is 0.559. The molecule has 160 valence electrons. The molecule has 2 heterocycles. The highest BCUT2D eigenvalue weighted by Gasteiger charge is 2.24. The highest BCUT2D eigenvalue weighted by atomic mass is 16.2. The zero-order valence-electron chi connectivity index (χ0n) is 18.0. The van der Waals surface area contributed by atoms with E-state index in [9.17, 15) is 9.59 Å². The van der Waals surface area contributed by atoms with E-state index in [2.05, 4.69) is 36.3 Å². The summed E-state index contributed by atoms with van der Waals surface area (Å²) < 4.78 is 1.37. The molecule has 1 amide bonds. The van der Waals surface area contributed by atoms with Gasteiger partial charge in [-0.15, -0.1) is 0 Å². The predicted octanol–water partition coefficient (Wildman–Crippen LogP) is 4.09. The van der Waals surface area contributed by atoms with Crippen LogP contribution in [0.1, 0.15) is 46.4 Å². The Kier molecular flexibility index (Phi) is 6.60. The van der Waals surface area contributed by atoms with E-state index in [0.29, 0.717) is 18.2 Å². The number of hydrogen-bond donors (Lipinski definition) is 0. The highest BCUT2D eigenvalue weighted by molar-refractivity contribution is 5.92. The molecule has 4 rings (SSSR count). The molecular formula is C26H29N3O2. The van der Waals surface area contributed by atoms with Crippen LogP contribution in [0.15, 0.2) is 71.5 Å². The molecule has 0 bridgehead atoms. The Bertz CT molecular complexity index is 1070. The van der Waals surface area contributed by atoms with Crippen molar-refractivity contribution in [3.8, 4) is 0 Å². The fraction of sp³-hybridized carbons (Fsp3) is 0.346.